The molecule has 0 aliphatic rings. The Morgan fingerprint density at radius 2 is 2.16 bits per heavy atom. The lowest BCUT2D eigenvalue weighted by Gasteiger charge is -2.03. The van der Waals surface area contributed by atoms with Crippen molar-refractivity contribution in [3.05, 3.63) is 51.7 Å². The summed E-state index contributed by atoms with van der Waals surface area (Å²) in [6.45, 7) is 2.02. The largest absolute Gasteiger partial charge is 0.461 e. The molecule has 100 valence electrons. The van der Waals surface area contributed by atoms with E-state index in [0.29, 0.717) is 22.2 Å². The summed E-state index contributed by atoms with van der Waals surface area (Å²) in [6.07, 6.45) is 1.62. The lowest BCUT2D eigenvalue weighted by molar-refractivity contribution is 0.0518. The van der Waals surface area contributed by atoms with Gasteiger partial charge in [0.25, 0.3) is 0 Å². The number of rotatable bonds is 4. The molecule has 0 saturated carbocycles. The Morgan fingerprint density at radius 3 is 2.84 bits per heavy atom. The number of ether oxygens (including phenoxy) is 1. The number of hydrogen-bond donors (Lipinski definition) is 0. The second kappa shape index (κ2) is 6.08. The molecule has 2 rings (SSSR count). The first-order valence-electron chi connectivity index (χ1n) is 5.65. The maximum Gasteiger partial charge on any atom is 0.360 e. The molecular weight excluding hydrogens is 289 g/mol. The summed E-state index contributed by atoms with van der Waals surface area (Å²) in [7, 11) is 0. The van der Waals surface area contributed by atoms with Crippen LogP contribution in [0.4, 0.5) is 0 Å². The van der Waals surface area contributed by atoms with Gasteiger partial charge in [-0.15, -0.1) is 0 Å². The number of esters is 1. The van der Waals surface area contributed by atoms with Crippen molar-refractivity contribution < 1.29 is 13.9 Å². The van der Waals surface area contributed by atoms with Gasteiger partial charge in [-0.05, 0) is 24.6 Å². The third-order valence-electron chi connectivity index (χ3n) is 2.46. The maximum atomic E-state index is 11.6. The van der Waals surface area contributed by atoms with Gasteiger partial charge in [-0.2, -0.15) is 0 Å². The van der Waals surface area contributed by atoms with Gasteiger partial charge < -0.3 is 9.15 Å². The minimum absolute atomic E-state index is 0.188. The second-order valence-electron chi connectivity index (χ2n) is 3.77. The molecule has 6 heteroatoms. The SMILES string of the molecule is CCOC(=O)c1ncoc1Cc1ccc(Cl)c(Cl)c1. The van der Waals surface area contributed by atoms with Crippen molar-refractivity contribution in [3.63, 3.8) is 0 Å². The first-order valence-corrected chi connectivity index (χ1v) is 6.40. The Bertz CT molecular complexity index is 595. The van der Waals surface area contributed by atoms with Crippen LogP contribution in [0.1, 0.15) is 28.7 Å². The van der Waals surface area contributed by atoms with Gasteiger partial charge in [0, 0.05) is 6.42 Å². The van der Waals surface area contributed by atoms with Crippen LogP contribution < -0.4 is 0 Å². The lowest BCUT2D eigenvalue weighted by Crippen LogP contribution is -2.08. The van der Waals surface area contributed by atoms with E-state index in [4.69, 9.17) is 32.4 Å². The molecule has 0 aliphatic carbocycles. The Balaban J connectivity index is 2.21. The van der Waals surface area contributed by atoms with Gasteiger partial charge in [0.2, 0.25) is 0 Å². The number of benzene rings is 1. The topological polar surface area (TPSA) is 52.3 Å². The van der Waals surface area contributed by atoms with Crippen molar-refractivity contribution in [3.8, 4) is 0 Å². The molecule has 0 saturated heterocycles. The van der Waals surface area contributed by atoms with Crippen molar-refractivity contribution in [2.75, 3.05) is 6.61 Å². The molecule has 0 radical (unpaired) electrons. The van der Waals surface area contributed by atoms with Crippen LogP contribution in [0.25, 0.3) is 0 Å². The summed E-state index contributed by atoms with van der Waals surface area (Å²) in [6, 6.07) is 5.23. The van der Waals surface area contributed by atoms with Gasteiger partial charge in [0.15, 0.2) is 12.1 Å². The molecule has 1 heterocycles. The highest BCUT2D eigenvalue weighted by molar-refractivity contribution is 6.42. The van der Waals surface area contributed by atoms with E-state index >= 15 is 0 Å². The smallest absolute Gasteiger partial charge is 0.360 e. The molecule has 0 fully saturated rings. The van der Waals surface area contributed by atoms with Crippen molar-refractivity contribution >= 4 is 29.2 Å². The fourth-order valence-electron chi connectivity index (χ4n) is 1.60. The highest BCUT2D eigenvalue weighted by Gasteiger charge is 2.18. The van der Waals surface area contributed by atoms with Crippen LogP contribution in [-0.4, -0.2) is 17.6 Å². The van der Waals surface area contributed by atoms with E-state index in [0.717, 1.165) is 5.56 Å². The number of hydrogen-bond acceptors (Lipinski definition) is 4. The predicted molar refractivity (Wildman–Crippen MR) is 71.7 cm³/mol. The molecule has 4 nitrogen and oxygen atoms in total. The van der Waals surface area contributed by atoms with E-state index in [1.54, 1.807) is 19.1 Å². The average Bonchev–Trinajstić information content (AvgIpc) is 2.82. The highest BCUT2D eigenvalue weighted by Crippen LogP contribution is 2.24. The number of oxazole rings is 1. The molecule has 0 bridgehead atoms. The summed E-state index contributed by atoms with van der Waals surface area (Å²) in [5.41, 5.74) is 1.06. The quantitative estimate of drug-likeness (QED) is 0.807. The standard InChI is InChI=1S/C13H11Cl2NO3/c1-2-18-13(17)12-11(19-7-16-12)6-8-3-4-9(14)10(15)5-8/h3-5,7H,2,6H2,1H3. The van der Waals surface area contributed by atoms with Crippen molar-refractivity contribution in [2.24, 2.45) is 0 Å². The monoisotopic (exact) mass is 299 g/mol. The lowest BCUT2D eigenvalue weighted by atomic mass is 10.1. The van der Waals surface area contributed by atoms with Gasteiger partial charge >= 0.3 is 5.97 Å². The zero-order valence-electron chi connectivity index (χ0n) is 10.2. The van der Waals surface area contributed by atoms with Gasteiger partial charge in [-0.25, -0.2) is 9.78 Å². The van der Waals surface area contributed by atoms with Crippen LogP contribution in [0.5, 0.6) is 0 Å². The number of nitrogens with zero attached hydrogens (tertiary/aromatic N) is 1. The highest BCUT2D eigenvalue weighted by atomic mass is 35.5. The van der Waals surface area contributed by atoms with E-state index in [2.05, 4.69) is 4.98 Å². The van der Waals surface area contributed by atoms with E-state index in [1.165, 1.54) is 6.39 Å². The summed E-state index contributed by atoms with van der Waals surface area (Å²) in [5.74, 6) is -0.0526. The van der Waals surface area contributed by atoms with Crippen LogP contribution in [0.3, 0.4) is 0 Å². The molecule has 1 aromatic carbocycles. The van der Waals surface area contributed by atoms with Crippen molar-refractivity contribution in [2.45, 2.75) is 13.3 Å². The fourth-order valence-corrected chi connectivity index (χ4v) is 1.92. The number of halogens is 2. The first kappa shape index (κ1) is 13.9. The van der Waals surface area contributed by atoms with Crippen molar-refractivity contribution in [1.82, 2.24) is 4.98 Å². The van der Waals surface area contributed by atoms with Gasteiger partial charge in [-0.1, -0.05) is 29.3 Å². The minimum Gasteiger partial charge on any atom is -0.461 e. The Labute approximate surface area is 120 Å². The molecule has 0 N–H and O–H groups in total. The zero-order valence-corrected chi connectivity index (χ0v) is 11.7. The van der Waals surface area contributed by atoms with Crippen molar-refractivity contribution in [1.29, 1.82) is 0 Å². The first-order chi connectivity index (χ1) is 9.11. The Kier molecular flexibility index (Phi) is 4.45. The van der Waals surface area contributed by atoms with E-state index in [-0.39, 0.29) is 12.3 Å². The molecule has 1 aromatic heterocycles. The fraction of sp³-hybridized carbons (Fsp3) is 0.231. The zero-order chi connectivity index (χ0) is 13.8. The van der Waals surface area contributed by atoms with Gasteiger partial charge in [0.1, 0.15) is 5.76 Å². The molecular formula is C13H11Cl2NO3. The average molecular weight is 300 g/mol. The molecule has 0 atom stereocenters. The summed E-state index contributed by atoms with van der Waals surface area (Å²) >= 11 is 11.8. The Morgan fingerprint density at radius 1 is 1.37 bits per heavy atom. The van der Waals surface area contributed by atoms with E-state index < -0.39 is 5.97 Å². The predicted octanol–water partition coefficient (Wildman–Crippen LogP) is 3.75. The third kappa shape index (κ3) is 3.28. The molecule has 2 aromatic rings. The molecule has 0 aliphatic heterocycles. The normalized spacial score (nSPS) is 10.5. The Hall–Kier alpha value is -1.52. The summed E-state index contributed by atoms with van der Waals surface area (Å²) in [4.78, 5) is 15.5. The van der Waals surface area contributed by atoms with Gasteiger partial charge in [0.05, 0.1) is 16.7 Å². The second-order valence-corrected chi connectivity index (χ2v) is 4.58. The van der Waals surface area contributed by atoms with Crippen LogP contribution in [0.15, 0.2) is 29.0 Å². The van der Waals surface area contributed by atoms with Crippen LogP contribution in [0, 0.1) is 0 Å². The molecule has 0 spiro atoms. The van der Waals surface area contributed by atoms with Crippen LogP contribution >= 0.6 is 23.2 Å². The number of carbonyl (C=O) groups excluding carboxylic acids is 1. The minimum atomic E-state index is -0.494. The maximum absolute atomic E-state index is 11.6. The molecule has 0 amide bonds. The van der Waals surface area contributed by atoms with Crippen LogP contribution in [-0.2, 0) is 11.2 Å². The van der Waals surface area contributed by atoms with E-state index in [9.17, 15) is 4.79 Å². The van der Waals surface area contributed by atoms with E-state index in [1.807, 2.05) is 6.07 Å². The number of aromatic nitrogens is 1. The molecule has 0 unspecified atom stereocenters. The summed E-state index contributed by atoms with van der Waals surface area (Å²) < 4.78 is 10.1. The number of carbonyl (C=O) groups is 1. The van der Waals surface area contributed by atoms with Gasteiger partial charge in [-0.3, -0.25) is 0 Å². The van der Waals surface area contributed by atoms with Crippen LogP contribution in [0.2, 0.25) is 10.0 Å². The third-order valence-corrected chi connectivity index (χ3v) is 3.20. The summed E-state index contributed by atoms with van der Waals surface area (Å²) in [5, 5.41) is 0.935. The molecule has 19 heavy (non-hydrogen) atoms.